The van der Waals surface area contributed by atoms with Crippen LogP contribution >= 0.6 is 11.8 Å². The van der Waals surface area contributed by atoms with Crippen molar-refractivity contribution < 1.29 is 9.59 Å². The molecule has 154 valence electrons. The third kappa shape index (κ3) is 5.26. The van der Waals surface area contributed by atoms with Crippen molar-refractivity contribution in [2.75, 3.05) is 24.2 Å². The van der Waals surface area contributed by atoms with Gasteiger partial charge in [0, 0.05) is 36.8 Å². The number of benzene rings is 1. The summed E-state index contributed by atoms with van der Waals surface area (Å²) in [6, 6.07) is 7.05. The minimum atomic E-state index is -0.149. The summed E-state index contributed by atoms with van der Waals surface area (Å²) < 4.78 is 2.03. The van der Waals surface area contributed by atoms with Gasteiger partial charge in [0.1, 0.15) is 5.82 Å². The summed E-state index contributed by atoms with van der Waals surface area (Å²) in [4.78, 5) is 26.7. The molecule has 2 amide bonds. The molecule has 29 heavy (non-hydrogen) atoms. The number of carbonyl (C=O) groups excluding carboxylic acids is 2. The summed E-state index contributed by atoms with van der Waals surface area (Å²) in [6.45, 7) is 9.63. The second-order valence-electron chi connectivity index (χ2n) is 6.91. The first kappa shape index (κ1) is 21.1. The Morgan fingerprint density at radius 1 is 1.31 bits per heavy atom. The van der Waals surface area contributed by atoms with Gasteiger partial charge in [-0.1, -0.05) is 23.9 Å². The number of aromatic nitrogens is 3. The maximum absolute atomic E-state index is 12.5. The molecule has 8 heteroatoms. The third-order valence-corrected chi connectivity index (χ3v) is 5.74. The van der Waals surface area contributed by atoms with Crippen molar-refractivity contribution in [3.63, 3.8) is 0 Å². The summed E-state index contributed by atoms with van der Waals surface area (Å²) in [5, 5.41) is 12.1. The Kier molecular flexibility index (Phi) is 7.09. The van der Waals surface area contributed by atoms with E-state index in [2.05, 4.69) is 22.1 Å². The molecule has 1 aromatic carbocycles. The Bertz CT molecular complexity index is 887. The Hall–Kier alpha value is -2.61. The number of hydrogen-bond donors (Lipinski definition) is 1. The molecule has 7 nitrogen and oxygen atoms in total. The van der Waals surface area contributed by atoms with Gasteiger partial charge in [0.2, 0.25) is 5.91 Å². The molecule has 1 N–H and O–H groups in total. The zero-order chi connectivity index (χ0) is 20.8. The summed E-state index contributed by atoms with van der Waals surface area (Å²) in [5.74, 6) is 1.50. The molecule has 0 bridgehead atoms. The number of hydrogen-bond acceptors (Lipinski definition) is 5. The van der Waals surface area contributed by atoms with Crippen molar-refractivity contribution >= 4 is 29.3 Å². The Labute approximate surface area is 175 Å². The molecule has 0 unspecified atom stereocenters. The van der Waals surface area contributed by atoms with Crippen LogP contribution in [0.3, 0.4) is 0 Å². The molecular formula is C21H27N5O2S. The van der Waals surface area contributed by atoms with Crippen LogP contribution in [0, 0.1) is 0 Å². The van der Waals surface area contributed by atoms with Gasteiger partial charge in [0.15, 0.2) is 5.16 Å². The highest BCUT2D eigenvalue weighted by atomic mass is 32.2. The molecule has 1 saturated carbocycles. The lowest BCUT2D eigenvalue weighted by Crippen LogP contribution is -2.30. The van der Waals surface area contributed by atoms with E-state index in [1.165, 1.54) is 11.8 Å². The quantitative estimate of drug-likeness (QED) is 0.476. The first-order chi connectivity index (χ1) is 14.1. The molecule has 3 rings (SSSR count). The first-order valence-electron chi connectivity index (χ1n) is 9.93. The fraction of sp³-hybridized carbons (Fsp3) is 0.429. The zero-order valence-electron chi connectivity index (χ0n) is 16.9. The van der Waals surface area contributed by atoms with Crippen LogP contribution < -0.4 is 5.32 Å². The number of nitrogens with zero attached hydrogens (tertiary/aromatic N) is 4. The highest BCUT2D eigenvalue weighted by molar-refractivity contribution is 7.99. The van der Waals surface area contributed by atoms with Gasteiger partial charge in [-0.25, -0.2) is 0 Å². The smallest absolute Gasteiger partial charge is 0.253 e. The maximum Gasteiger partial charge on any atom is 0.253 e. The van der Waals surface area contributed by atoms with Crippen LogP contribution in [-0.2, 0) is 11.3 Å². The van der Waals surface area contributed by atoms with Crippen molar-refractivity contribution in [1.82, 2.24) is 19.7 Å². The van der Waals surface area contributed by atoms with Crippen LogP contribution in [0.15, 0.2) is 42.1 Å². The molecule has 0 radical (unpaired) electrons. The van der Waals surface area contributed by atoms with E-state index in [4.69, 9.17) is 0 Å². The molecule has 1 aliphatic rings. The number of rotatable bonds is 10. The lowest BCUT2D eigenvalue weighted by atomic mass is 10.1. The summed E-state index contributed by atoms with van der Waals surface area (Å²) in [6.07, 6.45) is 4.10. The van der Waals surface area contributed by atoms with Crippen LogP contribution in [0.2, 0.25) is 0 Å². The average Bonchev–Trinajstić information content (AvgIpc) is 3.49. The largest absolute Gasteiger partial charge is 0.339 e. The standard InChI is InChI=1S/C21H27N5O2S/c1-4-12-26-19(15-10-11-15)23-24-21(26)29-14-18(27)22-17-9-7-8-16(13-17)20(28)25(5-2)6-3/h4,7-9,13,15H,1,5-6,10-12,14H2,2-3H3,(H,22,27). The van der Waals surface area contributed by atoms with Gasteiger partial charge in [-0.05, 0) is 44.9 Å². The van der Waals surface area contributed by atoms with Crippen LogP contribution in [0.4, 0.5) is 5.69 Å². The SMILES string of the molecule is C=CCn1c(SCC(=O)Nc2cccc(C(=O)N(CC)CC)c2)nnc1C1CC1. The Morgan fingerprint density at radius 3 is 2.72 bits per heavy atom. The Balaban J connectivity index is 1.61. The second-order valence-corrected chi connectivity index (χ2v) is 7.85. The fourth-order valence-corrected chi connectivity index (χ4v) is 3.86. The molecule has 2 aromatic rings. The molecule has 1 heterocycles. The first-order valence-corrected chi connectivity index (χ1v) is 10.9. The monoisotopic (exact) mass is 413 g/mol. The normalized spacial score (nSPS) is 13.2. The van der Waals surface area contributed by atoms with E-state index in [0.29, 0.717) is 36.8 Å². The van der Waals surface area contributed by atoms with Crippen LogP contribution in [0.5, 0.6) is 0 Å². The van der Waals surface area contributed by atoms with E-state index in [1.807, 2.05) is 24.5 Å². The lowest BCUT2D eigenvalue weighted by Gasteiger charge is -2.19. The number of carbonyl (C=O) groups is 2. The van der Waals surface area contributed by atoms with Crippen molar-refractivity contribution in [3.8, 4) is 0 Å². The van der Waals surface area contributed by atoms with Crippen molar-refractivity contribution in [2.45, 2.75) is 44.3 Å². The molecular weight excluding hydrogens is 386 g/mol. The van der Waals surface area contributed by atoms with Gasteiger partial charge in [-0.3, -0.25) is 9.59 Å². The Morgan fingerprint density at radius 2 is 2.07 bits per heavy atom. The van der Waals surface area contributed by atoms with E-state index in [0.717, 1.165) is 23.8 Å². The minimum Gasteiger partial charge on any atom is -0.339 e. The molecule has 1 fully saturated rings. The summed E-state index contributed by atoms with van der Waals surface area (Å²) >= 11 is 1.36. The molecule has 0 atom stereocenters. The van der Waals surface area contributed by atoms with Gasteiger partial charge in [-0.15, -0.1) is 16.8 Å². The van der Waals surface area contributed by atoms with E-state index >= 15 is 0 Å². The molecule has 0 spiro atoms. The van der Waals surface area contributed by atoms with E-state index in [1.54, 1.807) is 29.2 Å². The van der Waals surface area contributed by atoms with E-state index in [9.17, 15) is 9.59 Å². The van der Waals surface area contributed by atoms with Crippen LogP contribution in [0.25, 0.3) is 0 Å². The molecule has 0 saturated heterocycles. The number of amides is 2. The van der Waals surface area contributed by atoms with Crippen molar-refractivity contribution in [2.24, 2.45) is 0 Å². The van der Waals surface area contributed by atoms with Crippen molar-refractivity contribution in [1.29, 1.82) is 0 Å². The number of allylic oxidation sites excluding steroid dienone is 1. The zero-order valence-corrected chi connectivity index (χ0v) is 17.7. The predicted molar refractivity (Wildman–Crippen MR) is 115 cm³/mol. The molecule has 1 aliphatic carbocycles. The van der Waals surface area contributed by atoms with Crippen LogP contribution in [0.1, 0.15) is 48.8 Å². The minimum absolute atomic E-state index is 0.0365. The van der Waals surface area contributed by atoms with Gasteiger partial charge in [-0.2, -0.15) is 0 Å². The highest BCUT2D eigenvalue weighted by Gasteiger charge is 2.30. The third-order valence-electron chi connectivity index (χ3n) is 4.78. The molecule has 0 aliphatic heterocycles. The topological polar surface area (TPSA) is 80.1 Å². The average molecular weight is 414 g/mol. The number of anilines is 1. The maximum atomic E-state index is 12.5. The molecule has 1 aromatic heterocycles. The summed E-state index contributed by atoms with van der Waals surface area (Å²) in [7, 11) is 0. The highest BCUT2D eigenvalue weighted by Crippen LogP contribution is 2.40. The summed E-state index contributed by atoms with van der Waals surface area (Å²) in [5.41, 5.74) is 1.18. The predicted octanol–water partition coefficient (Wildman–Crippen LogP) is 3.55. The van der Waals surface area contributed by atoms with E-state index in [-0.39, 0.29) is 17.6 Å². The van der Waals surface area contributed by atoms with Gasteiger partial charge >= 0.3 is 0 Å². The lowest BCUT2D eigenvalue weighted by molar-refractivity contribution is -0.113. The number of thioether (sulfide) groups is 1. The second kappa shape index (κ2) is 9.73. The van der Waals surface area contributed by atoms with Gasteiger partial charge < -0.3 is 14.8 Å². The van der Waals surface area contributed by atoms with Crippen LogP contribution in [-0.4, -0.2) is 50.3 Å². The fourth-order valence-electron chi connectivity index (χ4n) is 3.10. The van der Waals surface area contributed by atoms with Gasteiger partial charge in [0.05, 0.1) is 5.75 Å². The van der Waals surface area contributed by atoms with Crippen molar-refractivity contribution in [3.05, 3.63) is 48.3 Å². The number of nitrogens with one attached hydrogen (secondary N) is 1. The van der Waals surface area contributed by atoms with Gasteiger partial charge in [0.25, 0.3) is 5.91 Å². The van der Waals surface area contributed by atoms with E-state index < -0.39 is 0 Å².